The van der Waals surface area contributed by atoms with Crippen LogP contribution < -0.4 is 5.32 Å². The molecule has 0 saturated carbocycles. The number of nitrogens with zero attached hydrogens (tertiary/aromatic N) is 1. The number of nitrogens with one attached hydrogen (secondary N) is 1. The summed E-state index contributed by atoms with van der Waals surface area (Å²) in [7, 11) is 0. The van der Waals surface area contributed by atoms with Gasteiger partial charge >= 0.3 is 0 Å². The van der Waals surface area contributed by atoms with Gasteiger partial charge in [0.2, 0.25) is 0 Å². The average molecular weight is 289 g/mol. The van der Waals surface area contributed by atoms with Crippen molar-refractivity contribution in [1.82, 2.24) is 4.37 Å². The van der Waals surface area contributed by atoms with E-state index < -0.39 is 0 Å². The average Bonchev–Trinajstić information content (AvgIpc) is 2.84. The molecule has 19 heavy (non-hydrogen) atoms. The molecule has 0 bridgehead atoms. The molecule has 1 aromatic heterocycles. The van der Waals surface area contributed by atoms with Crippen molar-refractivity contribution in [2.24, 2.45) is 0 Å². The lowest BCUT2D eigenvalue weighted by atomic mass is 10.2. The van der Waals surface area contributed by atoms with Crippen LogP contribution in [0.4, 0.5) is 5.82 Å². The van der Waals surface area contributed by atoms with E-state index in [0.29, 0.717) is 16.4 Å². The van der Waals surface area contributed by atoms with Gasteiger partial charge in [0.1, 0.15) is 0 Å². The Balaban J connectivity index is 1.96. The third-order valence-electron chi connectivity index (χ3n) is 2.72. The van der Waals surface area contributed by atoms with Crippen LogP contribution in [0.25, 0.3) is 10.1 Å². The molecule has 2 aromatic carbocycles. The predicted molar refractivity (Wildman–Crippen MR) is 79.0 cm³/mol. The van der Waals surface area contributed by atoms with Crippen LogP contribution in [0.15, 0.2) is 48.5 Å². The number of halogens is 1. The molecule has 5 heteroatoms. The van der Waals surface area contributed by atoms with E-state index in [9.17, 15) is 4.79 Å². The van der Waals surface area contributed by atoms with Crippen LogP contribution in [0.3, 0.4) is 0 Å². The number of benzene rings is 2. The van der Waals surface area contributed by atoms with Crippen LogP contribution in [-0.4, -0.2) is 10.3 Å². The number of anilines is 1. The molecule has 0 unspecified atom stereocenters. The van der Waals surface area contributed by atoms with Crippen LogP contribution in [0.5, 0.6) is 0 Å². The lowest BCUT2D eigenvalue weighted by Gasteiger charge is -2.03. The predicted octanol–water partition coefficient (Wildman–Crippen LogP) is 4.20. The number of fused-ring (bicyclic) bond motifs is 1. The highest BCUT2D eigenvalue weighted by Crippen LogP contribution is 2.32. The molecule has 3 aromatic rings. The lowest BCUT2D eigenvalue weighted by molar-refractivity contribution is 0.102. The highest BCUT2D eigenvalue weighted by Gasteiger charge is 2.13. The van der Waals surface area contributed by atoms with Crippen molar-refractivity contribution in [3.8, 4) is 0 Å². The maximum Gasteiger partial charge on any atom is 0.256 e. The van der Waals surface area contributed by atoms with E-state index in [1.54, 1.807) is 18.2 Å². The molecule has 0 saturated heterocycles. The summed E-state index contributed by atoms with van der Waals surface area (Å²) in [5.74, 6) is 0.326. The fourth-order valence-electron chi connectivity index (χ4n) is 1.81. The zero-order valence-corrected chi connectivity index (χ0v) is 11.3. The monoisotopic (exact) mass is 288 g/mol. The topological polar surface area (TPSA) is 42.0 Å². The van der Waals surface area contributed by atoms with Crippen molar-refractivity contribution >= 4 is 44.9 Å². The van der Waals surface area contributed by atoms with Gasteiger partial charge < -0.3 is 5.32 Å². The van der Waals surface area contributed by atoms with Gasteiger partial charge in [0, 0.05) is 5.56 Å². The van der Waals surface area contributed by atoms with Gasteiger partial charge in [0.05, 0.1) is 15.1 Å². The van der Waals surface area contributed by atoms with Gasteiger partial charge in [-0.15, -0.1) is 0 Å². The summed E-state index contributed by atoms with van der Waals surface area (Å²) in [6, 6.07) is 14.6. The Morgan fingerprint density at radius 3 is 2.68 bits per heavy atom. The minimum absolute atomic E-state index is 0.187. The fraction of sp³-hybridized carbons (Fsp3) is 0. The van der Waals surface area contributed by atoms with E-state index in [-0.39, 0.29) is 5.91 Å². The van der Waals surface area contributed by atoms with Crippen molar-refractivity contribution in [3.05, 3.63) is 59.1 Å². The first-order valence-electron chi connectivity index (χ1n) is 5.66. The molecule has 94 valence electrons. The molecular weight excluding hydrogens is 280 g/mol. The van der Waals surface area contributed by atoms with Gasteiger partial charge in [0.25, 0.3) is 5.91 Å². The number of hydrogen-bond acceptors (Lipinski definition) is 3. The number of carbonyl (C=O) groups is 1. The Kier molecular flexibility index (Phi) is 3.19. The molecule has 1 amide bonds. The van der Waals surface area contributed by atoms with E-state index >= 15 is 0 Å². The molecular formula is C14H9ClN2OS. The first-order valence-corrected chi connectivity index (χ1v) is 6.81. The Labute approximate surface area is 119 Å². The Morgan fingerprint density at radius 2 is 1.89 bits per heavy atom. The summed E-state index contributed by atoms with van der Waals surface area (Å²) in [6.45, 7) is 0. The molecule has 0 fully saturated rings. The highest BCUT2D eigenvalue weighted by atomic mass is 35.5. The smallest absolute Gasteiger partial charge is 0.256 e. The van der Waals surface area contributed by atoms with Crippen molar-refractivity contribution in [3.63, 3.8) is 0 Å². The van der Waals surface area contributed by atoms with E-state index in [1.807, 2.05) is 30.3 Å². The first-order chi connectivity index (χ1) is 9.25. The molecule has 1 N–H and O–H groups in total. The molecule has 0 atom stereocenters. The van der Waals surface area contributed by atoms with Gasteiger partial charge in [-0.1, -0.05) is 35.9 Å². The van der Waals surface area contributed by atoms with Crippen LogP contribution >= 0.6 is 23.1 Å². The minimum Gasteiger partial charge on any atom is -0.305 e. The lowest BCUT2D eigenvalue weighted by Crippen LogP contribution is -2.11. The number of rotatable bonds is 2. The zero-order valence-electron chi connectivity index (χ0n) is 9.76. The van der Waals surface area contributed by atoms with E-state index in [2.05, 4.69) is 9.69 Å². The Morgan fingerprint density at radius 1 is 1.11 bits per heavy atom. The highest BCUT2D eigenvalue weighted by molar-refractivity contribution is 7.13. The summed E-state index contributed by atoms with van der Waals surface area (Å²) in [5, 5.41) is 4.18. The molecule has 3 rings (SSSR count). The SMILES string of the molecule is O=C(Nc1nsc2cccc(Cl)c12)c1ccccc1. The first kappa shape index (κ1) is 12.1. The Bertz CT molecular complexity index is 740. The minimum atomic E-state index is -0.187. The number of hydrogen-bond donors (Lipinski definition) is 1. The second-order valence-electron chi connectivity index (χ2n) is 3.96. The maximum absolute atomic E-state index is 12.1. The molecule has 0 spiro atoms. The summed E-state index contributed by atoms with van der Waals surface area (Å²) in [4.78, 5) is 12.1. The molecule has 0 radical (unpaired) electrons. The largest absolute Gasteiger partial charge is 0.305 e. The molecule has 0 aliphatic heterocycles. The van der Waals surface area contributed by atoms with Crippen LogP contribution in [0.1, 0.15) is 10.4 Å². The van der Waals surface area contributed by atoms with E-state index in [0.717, 1.165) is 10.1 Å². The fourth-order valence-corrected chi connectivity index (χ4v) is 2.89. The van der Waals surface area contributed by atoms with Crippen LogP contribution in [-0.2, 0) is 0 Å². The van der Waals surface area contributed by atoms with Gasteiger partial charge in [-0.25, -0.2) is 0 Å². The van der Waals surface area contributed by atoms with Crippen molar-refractivity contribution in [2.45, 2.75) is 0 Å². The number of aromatic nitrogens is 1. The van der Waals surface area contributed by atoms with Gasteiger partial charge in [-0.3, -0.25) is 4.79 Å². The summed E-state index contributed by atoms with van der Waals surface area (Å²) in [6.07, 6.45) is 0. The second kappa shape index (κ2) is 4.99. The van der Waals surface area contributed by atoms with Crippen molar-refractivity contribution < 1.29 is 4.79 Å². The van der Waals surface area contributed by atoms with Crippen molar-refractivity contribution in [1.29, 1.82) is 0 Å². The molecule has 0 aliphatic carbocycles. The van der Waals surface area contributed by atoms with Gasteiger partial charge in [-0.05, 0) is 35.8 Å². The van der Waals surface area contributed by atoms with Crippen LogP contribution in [0, 0.1) is 0 Å². The quantitative estimate of drug-likeness (QED) is 0.768. The third-order valence-corrected chi connectivity index (χ3v) is 3.84. The maximum atomic E-state index is 12.1. The van der Waals surface area contributed by atoms with E-state index in [1.165, 1.54) is 11.5 Å². The van der Waals surface area contributed by atoms with Crippen molar-refractivity contribution in [2.75, 3.05) is 5.32 Å². The van der Waals surface area contributed by atoms with Gasteiger partial charge in [-0.2, -0.15) is 4.37 Å². The number of carbonyl (C=O) groups excluding carboxylic acids is 1. The number of amides is 1. The Hall–Kier alpha value is -1.91. The second-order valence-corrected chi connectivity index (χ2v) is 5.18. The zero-order chi connectivity index (χ0) is 13.2. The molecule has 0 aliphatic rings. The summed E-state index contributed by atoms with van der Waals surface area (Å²) >= 11 is 7.46. The van der Waals surface area contributed by atoms with Crippen LogP contribution in [0.2, 0.25) is 5.02 Å². The standard InChI is InChI=1S/C14H9ClN2OS/c15-10-7-4-8-11-12(10)13(17-19-11)16-14(18)9-5-2-1-3-6-9/h1-8H,(H,16,17,18). The van der Waals surface area contributed by atoms with E-state index in [4.69, 9.17) is 11.6 Å². The summed E-state index contributed by atoms with van der Waals surface area (Å²) < 4.78 is 5.20. The van der Waals surface area contributed by atoms with Gasteiger partial charge in [0.15, 0.2) is 5.82 Å². The molecule has 1 heterocycles. The molecule has 3 nitrogen and oxygen atoms in total. The third kappa shape index (κ3) is 2.32. The summed E-state index contributed by atoms with van der Waals surface area (Å²) in [5.41, 5.74) is 0.593. The normalized spacial score (nSPS) is 10.6.